The third-order valence-electron chi connectivity index (χ3n) is 5.85. The number of benzene rings is 1. The minimum atomic E-state index is 0.555. The van der Waals surface area contributed by atoms with Crippen LogP contribution in [0.5, 0.6) is 0 Å². The lowest BCUT2D eigenvalue weighted by Crippen LogP contribution is -2.33. The number of pyridine rings is 1. The molecule has 0 N–H and O–H groups in total. The summed E-state index contributed by atoms with van der Waals surface area (Å²) in [6.45, 7) is 6.56. The van der Waals surface area contributed by atoms with Gasteiger partial charge in [0, 0.05) is 30.8 Å². The Kier molecular flexibility index (Phi) is 4.62. The van der Waals surface area contributed by atoms with Crippen LogP contribution in [0.15, 0.2) is 45.9 Å². The molecule has 1 aromatic carbocycles. The second kappa shape index (κ2) is 7.43. The highest BCUT2D eigenvalue weighted by atomic mass is 16.4. The van der Waals surface area contributed by atoms with E-state index in [0.717, 1.165) is 48.2 Å². The molecule has 0 radical (unpaired) electrons. The highest BCUT2D eigenvalue weighted by molar-refractivity contribution is 5.95. The molecule has 0 saturated carbocycles. The van der Waals surface area contributed by atoms with Crippen LogP contribution in [-0.2, 0) is 12.8 Å². The van der Waals surface area contributed by atoms with Gasteiger partial charge in [-0.1, -0.05) is 24.6 Å². The Morgan fingerprint density at radius 2 is 1.90 bits per heavy atom. The van der Waals surface area contributed by atoms with Gasteiger partial charge >= 0.3 is 0 Å². The van der Waals surface area contributed by atoms with E-state index in [-0.39, 0.29) is 0 Å². The first-order chi connectivity index (χ1) is 14.1. The van der Waals surface area contributed by atoms with Crippen molar-refractivity contribution in [3.05, 3.63) is 53.5 Å². The maximum atomic E-state index is 5.87. The third-order valence-corrected chi connectivity index (χ3v) is 5.85. The van der Waals surface area contributed by atoms with Crippen LogP contribution in [0.2, 0.25) is 0 Å². The van der Waals surface area contributed by atoms with Crippen LogP contribution in [0.4, 0.5) is 11.5 Å². The molecule has 4 heterocycles. The normalized spacial score (nSPS) is 16.8. The summed E-state index contributed by atoms with van der Waals surface area (Å²) in [5, 5.41) is 8.42. The molecule has 5 rings (SSSR count). The maximum absolute atomic E-state index is 5.87. The predicted octanol–water partition coefficient (Wildman–Crippen LogP) is 4.55. The van der Waals surface area contributed by atoms with Gasteiger partial charge in [-0.15, -0.1) is 10.2 Å². The van der Waals surface area contributed by atoms with Crippen molar-refractivity contribution in [2.45, 2.75) is 39.5 Å². The minimum absolute atomic E-state index is 0.555. The molecule has 1 fully saturated rings. The number of nitrogens with zero attached hydrogens (tertiary/aromatic N) is 5. The van der Waals surface area contributed by atoms with Crippen molar-refractivity contribution in [3.8, 4) is 11.5 Å². The van der Waals surface area contributed by atoms with E-state index in [2.05, 4.69) is 40.0 Å². The summed E-state index contributed by atoms with van der Waals surface area (Å²) < 4.78 is 5.87. The summed E-state index contributed by atoms with van der Waals surface area (Å²) in [6.07, 6.45) is 5.77. The summed E-state index contributed by atoms with van der Waals surface area (Å²) in [5.41, 5.74) is 5.40. The van der Waals surface area contributed by atoms with Gasteiger partial charge < -0.3 is 9.32 Å². The van der Waals surface area contributed by atoms with Gasteiger partial charge in [0.25, 0.3) is 0 Å². The van der Waals surface area contributed by atoms with Gasteiger partial charge in [-0.2, -0.15) is 0 Å². The second-order valence-electron chi connectivity index (χ2n) is 8.24. The number of hydrogen-bond acceptors (Lipinski definition) is 6. The van der Waals surface area contributed by atoms with Gasteiger partial charge in [0.05, 0.1) is 18.3 Å². The van der Waals surface area contributed by atoms with Crippen LogP contribution < -0.4 is 4.90 Å². The van der Waals surface area contributed by atoms with E-state index >= 15 is 0 Å². The number of aliphatic imine (C=N–C) groups is 1. The van der Waals surface area contributed by atoms with Crippen LogP contribution in [0.1, 0.15) is 36.8 Å². The van der Waals surface area contributed by atoms with Gasteiger partial charge in [0.1, 0.15) is 5.82 Å². The molecular formula is C23H25N5O. The van der Waals surface area contributed by atoms with Crippen LogP contribution in [-0.4, -0.2) is 34.0 Å². The molecule has 0 atom stereocenters. The molecule has 1 saturated heterocycles. The van der Waals surface area contributed by atoms with Crippen molar-refractivity contribution >= 4 is 17.2 Å². The Hall–Kier alpha value is -3.02. The fourth-order valence-corrected chi connectivity index (χ4v) is 3.97. The third kappa shape index (κ3) is 3.79. The van der Waals surface area contributed by atoms with E-state index < -0.39 is 0 Å². The summed E-state index contributed by atoms with van der Waals surface area (Å²) >= 11 is 0. The number of piperidine rings is 1. The molecular weight excluding hydrogens is 362 g/mol. The molecule has 29 heavy (non-hydrogen) atoms. The maximum Gasteiger partial charge on any atom is 0.247 e. The molecule has 6 heteroatoms. The van der Waals surface area contributed by atoms with E-state index in [1.165, 1.54) is 24.0 Å². The van der Waals surface area contributed by atoms with Gasteiger partial charge in [-0.05, 0) is 49.4 Å². The Labute approximate surface area is 170 Å². The molecule has 3 aromatic rings. The topological polar surface area (TPSA) is 67.4 Å². The molecule has 0 bridgehead atoms. The average molecular weight is 387 g/mol. The molecule has 0 unspecified atom stereocenters. The minimum Gasteiger partial charge on any atom is -0.420 e. The van der Waals surface area contributed by atoms with Gasteiger partial charge in [0.15, 0.2) is 0 Å². The zero-order valence-electron chi connectivity index (χ0n) is 16.9. The first kappa shape index (κ1) is 18.0. The predicted molar refractivity (Wildman–Crippen MR) is 114 cm³/mol. The fraction of sp³-hybridized carbons (Fsp3) is 0.391. The Morgan fingerprint density at radius 3 is 2.69 bits per heavy atom. The lowest BCUT2D eigenvalue weighted by molar-refractivity contribution is 0.436. The summed E-state index contributed by atoms with van der Waals surface area (Å²) in [5.74, 6) is 3.05. The highest BCUT2D eigenvalue weighted by Crippen LogP contribution is 2.31. The summed E-state index contributed by atoms with van der Waals surface area (Å²) in [4.78, 5) is 11.8. The first-order valence-electron chi connectivity index (χ1n) is 10.3. The second-order valence-corrected chi connectivity index (χ2v) is 8.24. The lowest BCUT2D eigenvalue weighted by Gasteiger charge is -2.31. The zero-order valence-corrected chi connectivity index (χ0v) is 16.9. The van der Waals surface area contributed by atoms with E-state index in [0.29, 0.717) is 18.2 Å². The molecule has 0 amide bonds. The molecule has 0 aliphatic carbocycles. The van der Waals surface area contributed by atoms with Crippen molar-refractivity contribution in [2.75, 3.05) is 18.0 Å². The Morgan fingerprint density at radius 1 is 1.10 bits per heavy atom. The van der Waals surface area contributed by atoms with Gasteiger partial charge in [-0.3, -0.25) is 4.99 Å². The van der Waals surface area contributed by atoms with Crippen LogP contribution in [0.25, 0.3) is 11.5 Å². The van der Waals surface area contributed by atoms with Crippen molar-refractivity contribution in [1.29, 1.82) is 0 Å². The number of anilines is 1. The number of aryl methyl sites for hydroxylation is 1. The largest absolute Gasteiger partial charge is 0.420 e. The molecule has 2 aliphatic rings. The number of hydrogen-bond donors (Lipinski definition) is 0. The number of fused-ring (bicyclic) bond motifs is 1. The van der Waals surface area contributed by atoms with E-state index in [1.54, 1.807) is 0 Å². The smallest absolute Gasteiger partial charge is 0.247 e. The first-order valence-corrected chi connectivity index (χ1v) is 10.3. The van der Waals surface area contributed by atoms with E-state index in [4.69, 9.17) is 9.41 Å². The Bertz CT molecular complexity index is 1050. The monoisotopic (exact) mass is 387 g/mol. The zero-order chi connectivity index (χ0) is 19.8. The van der Waals surface area contributed by atoms with Crippen molar-refractivity contribution < 1.29 is 4.42 Å². The molecule has 6 nitrogen and oxygen atoms in total. The van der Waals surface area contributed by atoms with Crippen molar-refractivity contribution in [1.82, 2.24) is 15.2 Å². The standard InChI is InChI=1S/C23H25N5O/c1-15-3-5-17(6-4-15)23-27-26-22(29-23)13-19-11-18-12-21(24-14-20(18)25-19)28-9-7-16(2)8-10-28/h3-6,12,14,16H,7-11,13H2,1-2H3. The van der Waals surface area contributed by atoms with E-state index in [1.807, 2.05) is 30.5 Å². The quantitative estimate of drug-likeness (QED) is 0.657. The average Bonchev–Trinajstić information content (AvgIpc) is 3.35. The van der Waals surface area contributed by atoms with Gasteiger partial charge in [-0.25, -0.2) is 4.98 Å². The lowest BCUT2D eigenvalue weighted by atomic mass is 9.99. The molecule has 148 valence electrons. The summed E-state index contributed by atoms with van der Waals surface area (Å²) in [6, 6.07) is 10.3. The molecule has 2 aromatic heterocycles. The fourth-order valence-electron chi connectivity index (χ4n) is 3.97. The molecule has 0 spiro atoms. The Balaban J connectivity index is 1.27. The van der Waals surface area contributed by atoms with Crippen LogP contribution in [0, 0.1) is 12.8 Å². The SMILES string of the molecule is Cc1ccc(-c2nnc(CC3=Nc4cnc(N5CCC(C)CC5)cc4C3)o2)cc1. The van der Waals surface area contributed by atoms with Crippen LogP contribution in [0.3, 0.4) is 0 Å². The molecule has 2 aliphatic heterocycles. The highest BCUT2D eigenvalue weighted by Gasteiger charge is 2.22. The number of rotatable bonds is 4. The van der Waals surface area contributed by atoms with Crippen molar-refractivity contribution in [3.63, 3.8) is 0 Å². The van der Waals surface area contributed by atoms with Crippen molar-refractivity contribution in [2.24, 2.45) is 10.9 Å². The number of aromatic nitrogens is 3. The summed E-state index contributed by atoms with van der Waals surface area (Å²) in [7, 11) is 0. The van der Waals surface area contributed by atoms with E-state index in [9.17, 15) is 0 Å². The van der Waals surface area contributed by atoms with Gasteiger partial charge in [0.2, 0.25) is 11.8 Å². The van der Waals surface area contributed by atoms with Crippen LogP contribution >= 0.6 is 0 Å².